The van der Waals surface area contributed by atoms with Crippen LogP contribution in [0.25, 0.3) is 44.3 Å². The zero-order chi connectivity index (χ0) is 55.0. The van der Waals surface area contributed by atoms with Crippen molar-refractivity contribution in [2.24, 2.45) is 0 Å². The molecule has 392 valence electrons. The second-order valence-corrected chi connectivity index (χ2v) is 23.7. The van der Waals surface area contributed by atoms with E-state index < -0.39 is 5.41 Å². The summed E-state index contributed by atoms with van der Waals surface area (Å²) in [6, 6.07) is 92.9. The van der Waals surface area contributed by atoms with E-state index in [4.69, 9.17) is 9.47 Å². The second-order valence-electron chi connectivity index (χ2n) is 23.7. The first-order valence-corrected chi connectivity index (χ1v) is 28.5. The average molecular weight is 1060 g/mol. The third-order valence-electron chi connectivity index (χ3n) is 17.5. The highest BCUT2D eigenvalue weighted by Crippen LogP contribution is 2.60. The lowest BCUT2D eigenvalue weighted by atomic mass is 9.44. The molecule has 6 nitrogen and oxygen atoms in total. The van der Waals surface area contributed by atoms with E-state index >= 15 is 0 Å². The highest BCUT2D eigenvalue weighted by molar-refractivity contribution is 6.89. The number of nitrogens with zero attached hydrogens (tertiary/aromatic N) is 4. The number of fused-ring (bicyclic) bond motifs is 11. The number of hydrogen-bond donors (Lipinski definition) is 0. The highest BCUT2D eigenvalue weighted by atomic mass is 16.6. The second kappa shape index (κ2) is 18.0. The standard InChI is InChI=1S/C75H57BN4O2/c1-74(2,3)49-39-41-61(57(43-49)48-25-11-6-12-26-48)79-63-47-68-67(81-65-37-23-24-38-66(65)82-68)46-60(63)76-71-58(44-54(45-64(71)79)77(50-27-13-7-14-28-50)51-29-15-8-16-30-51)55-40-42-62(78(52-31-17-9-18-32-52)53-33-19-10-20-34-53)70-69-56-35-21-22-36-59(56)75(4,5)73(69)80(76)72(55)70/h6-47H,1-5H3. The van der Waals surface area contributed by atoms with Crippen LogP contribution in [0.2, 0.25) is 0 Å². The molecule has 0 unspecified atom stereocenters. The van der Waals surface area contributed by atoms with Crippen LogP contribution in [0.4, 0.5) is 51.2 Å². The Hall–Kier alpha value is -9.98. The van der Waals surface area contributed by atoms with E-state index in [1.807, 2.05) is 24.3 Å². The molecule has 4 heterocycles. The monoisotopic (exact) mass is 1060 g/mol. The first-order valence-electron chi connectivity index (χ1n) is 28.5. The summed E-state index contributed by atoms with van der Waals surface area (Å²) in [5.74, 6) is 2.74. The predicted molar refractivity (Wildman–Crippen MR) is 340 cm³/mol. The summed E-state index contributed by atoms with van der Waals surface area (Å²) in [4.78, 5) is 7.43. The van der Waals surface area contributed by atoms with Crippen molar-refractivity contribution in [2.45, 2.75) is 45.4 Å². The van der Waals surface area contributed by atoms with Gasteiger partial charge in [0.05, 0.1) is 11.4 Å². The minimum Gasteiger partial charge on any atom is -0.450 e. The first kappa shape index (κ1) is 48.0. The molecule has 0 saturated heterocycles. The summed E-state index contributed by atoms with van der Waals surface area (Å²) in [5.41, 5.74) is 23.7. The van der Waals surface area contributed by atoms with E-state index in [2.05, 4.69) is 284 Å². The number of benzene rings is 11. The number of hydrogen-bond acceptors (Lipinski definition) is 5. The Labute approximate surface area is 479 Å². The van der Waals surface area contributed by atoms with Gasteiger partial charge in [-0.2, -0.15) is 0 Å². The fraction of sp³-hybridized carbons (Fsp3) is 0.0933. The Bertz CT molecular complexity index is 4450. The molecule has 11 aromatic carbocycles. The van der Waals surface area contributed by atoms with Crippen molar-refractivity contribution in [3.8, 4) is 56.4 Å². The third kappa shape index (κ3) is 7.15. The minimum atomic E-state index is -0.411. The van der Waals surface area contributed by atoms with Gasteiger partial charge in [0.2, 0.25) is 0 Å². The van der Waals surface area contributed by atoms with Gasteiger partial charge in [-0.25, -0.2) is 0 Å². The van der Waals surface area contributed by atoms with Gasteiger partial charge < -0.3 is 28.7 Å². The van der Waals surface area contributed by atoms with Gasteiger partial charge in [0.15, 0.2) is 23.0 Å². The molecule has 16 rings (SSSR count). The SMILES string of the molecule is CC(C)(C)c1ccc(N2c3cc4c(cc3B3c5c(cc(N(c6ccccc6)c6ccccc6)cc52)-c2ccc(N(c5ccccc5)c5ccccc5)c5c6c(n3c25)C(C)(C)c2ccccc2-6)Oc2ccccc2O4)c(-c2ccccc2)c1. The molecule has 4 aliphatic rings. The molecule has 0 N–H and O–H groups in total. The summed E-state index contributed by atoms with van der Waals surface area (Å²) in [6.45, 7) is 11.5. The van der Waals surface area contributed by atoms with Crippen LogP contribution in [0.1, 0.15) is 51.4 Å². The summed E-state index contributed by atoms with van der Waals surface area (Å²) >= 11 is 0. The quantitative estimate of drug-likeness (QED) is 0.142. The Morgan fingerprint density at radius 3 is 1.59 bits per heavy atom. The number of para-hydroxylation sites is 6. The molecule has 0 bridgehead atoms. The van der Waals surface area contributed by atoms with Gasteiger partial charge in [0, 0.05) is 84.6 Å². The van der Waals surface area contributed by atoms with Crippen LogP contribution < -0.4 is 35.1 Å². The van der Waals surface area contributed by atoms with E-state index in [9.17, 15) is 0 Å². The molecular formula is C75H57BN4O2. The molecular weight excluding hydrogens is 1000 g/mol. The minimum absolute atomic E-state index is 0.112. The van der Waals surface area contributed by atoms with Gasteiger partial charge >= 0.3 is 6.85 Å². The first-order chi connectivity index (χ1) is 40.1. The van der Waals surface area contributed by atoms with Gasteiger partial charge in [0.25, 0.3) is 0 Å². The van der Waals surface area contributed by atoms with Crippen molar-refractivity contribution in [3.05, 3.63) is 272 Å². The van der Waals surface area contributed by atoms with Crippen LogP contribution >= 0.6 is 0 Å². The van der Waals surface area contributed by atoms with Crippen LogP contribution in [0.3, 0.4) is 0 Å². The van der Waals surface area contributed by atoms with E-state index in [0.29, 0.717) is 23.0 Å². The van der Waals surface area contributed by atoms with E-state index in [1.54, 1.807) is 0 Å². The molecule has 3 aliphatic heterocycles. The van der Waals surface area contributed by atoms with Gasteiger partial charge in [-0.05, 0) is 141 Å². The summed E-state index contributed by atoms with van der Waals surface area (Å²) in [5, 5.41) is 1.22. The maximum atomic E-state index is 7.00. The molecule has 0 radical (unpaired) electrons. The summed E-state index contributed by atoms with van der Waals surface area (Å²) < 4.78 is 16.7. The molecule has 82 heavy (non-hydrogen) atoms. The van der Waals surface area contributed by atoms with Crippen LogP contribution in [-0.4, -0.2) is 11.3 Å². The van der Waals surface area contributed by atoms with Crippen LogP contribution in [-0.2, 0) is 10.8 Å². The van der Waals surface area contributed by atoms with Crippen molar-refractivity contribution in [1.29, 1.82) is 0 Å². The topological polar surface area (TPSA) is 33.1 Å². The van der Waals surface area contributed by atoms with Crippen LogP contribution in [0.15, 0.2) is 255 Å². The Balaban J connectivity index is 1.09. The Morgan fingerprint density at radius 1 is 0.427 bits per heavy atom. The summed E-state index contributed by atoms with van der Waals surface area (Å²) in [6.07, 6.45) is 0. The molecule has 12 aromatic rings. The predicted octanol–water partition coefficient (Wildman–Crippen LogP) is 19.2. The summed E-state index contributed by atoms with van der Waals surface area (Å²) in [7, 11) is 0. The van der Waals surface area contributed by atoms with Crippen molar-refractivity contribution in [2.75, 3.05) is 14.7 Å². The number of anilines is 9. The van der Waals surface area contributed by atoms with E-state index in [0.717, 1.165) is 67.8 Å². The molecule has 1 aliphatic carbocycles. The normalized spacial score (nSPS) is 13.7. The van der Waals surface area contributed by atoms with Gasteiger partial charge in [-0.3, -0.25) is 0 Å². The van der Waals surface area contributed by atoms with Crippen molar-refractivity contribution in [3.63, 3.8) is 0 Å². The molecule has 1 aromatic heterocycles. The fourth-order valence-electron chi connectivity index (χ4n) is 13.8. The lowest BCUT2D eigenvalue weighted by Gasteiger charge is -2.43. The highest BCUT2D eigenvalue weighted by Gasteiger charge is 2.50. The fourth-order valence-corrected chi connectivity index (χ4v) is 13.8. The molecule has 0 spiro atoms. The third-order valence-corrected chi connectivity index (χ3v) is 17.5. The molecule has 0 atom stereocenters. The van der Waals surface area contributed by atoms with E-state index in [-0.39, 0.29) is 12.3 Å². The van der Waals surface area contributed by atoms with Crippen LogP contribution in [0, 0.1) is 0 Å². The average Bonchev–Trinajstić information content (AvgIpc) is 1.51. The zero-order valence-electron chi connectivity index (χ0n) is 46.4. The van der Waals surface area contributed by atoms with E-state index in [1.165, 1.54) is 55.4 Å². The molecule has 7 heteroatoms. The number of ether oxygens (including phenoxy) is 2. The maximum absolute atomic E-state index is 7.00. The number of rotatable bonds is 8. The maximum Gasteiger partial charge on any atom is 0.333 e. The lowest BCUT2D eigenvalue weighted by molar-refractivity contribution is 0.360. The molecule has 0 saturated carbocycles. The number of aromatic nitrogens is 1. The molecule has 0 amide bonds. The molecule has 0 fully saturated rings. The Kier molecular flexibility index (Phi) is 10.5. The van der Waals surface area contributed by atoms with Crippen LogP contribution in [0.5, 0.6) is 23.0 Å². The van der Waals surface area contributed by atoms with Crippen molar-refractivity contribution < 1.29 is 9.47 Å². The van der Waals surface area contributed by atoms with Gasteiger partial charge in [-0.1, -0.05) is 186 Å². The lowest BCUT2D eigenvalue weighted by Crippen LogP contribution is -2.57. The van der Waals surface area contributed by atoms with Crippen molar-refractivity contribution >= 4 is 79.9 Å². The zero-order valence-corrected chi connectivity index (χ0v) is 46.4. The smallest absolute Gasteiger partial charge is 0.333 e. The van der Waals surface area contributed by atoms with Gasteiger partial charge in [0.1, 0.15) is 0 Å². The largest absolute Gasteiger partial charge is 0.450 e. The van der Waals surface area contributed by atoms with Gasteiger partial charge in [-0.15, -0.1) is 0 Å². The Morgan fingerprint density at radius 2 is 0.976 bits per heavy atom. The van der Waals surface area contributed by atoms with Crippen molar-refractivity contribution in [1.82, 2.24) is 4.48 Å².